The van der Waals surface area contributed by atoms with E-state index >= 15 is 0 Å². The van der Waals surface area contributed by atoms with E-state index in [1.807, 2.05) is 6.92 Å². The molecule has 0 aliphatic heterocycles. The van der Waals surface area contributed by atoms with Crippen molar-refractivity contribution in [1.29, 1.82) is 0 Å². The van der Waals surface area contributed by atoms with Crippen LogP contribution in [0, 0.1) is 5.92 Å². The molecule has 1 fully saturated rings. The molecule has 0 bridgehead atoms. The first-order valence-corrected chi connectivity index (χ1v) is 8.06. The molecule has 1 unspecified atom stereocenters. The van der Waals surface area contributed by atoms with Crippen LogP contribution in [0.15, 0.2) is 12.3 Å². The predicted octanol–water partition coefficient (Wildman–Crippen LogP) is 3.63. The summed E-state index contributed by atoms with van der Waals surface area (Å²) >= 11 is 1.64. The molecule has 4 nitrogen and oxygen atoms in total. The van der Waals surface area contributed by atoms with Crippen molar-refractivity contribution in [3.63, 3.8) is 0 Å². The van der Waals surface area contributed by atoms with Gasteiger partial charge in [0.2, 0.25) is 0 Å². The molecule has 1 saturated carbocycles. The van der Waals surface area contributed by atoms with Crippen LogP contribution in [0.4, 0.5) is 0 Å². The van der Waals surface area contributed by atoms with E-state index in [0.29, 0.717) is 12.2 Å². The van der Waals surface area contributed by atoms with Crippen LogP contribution >= 0.6 is 11.8 Å². The fourth-order valence-electron chi connectivity index (χ4n) is 2.02. The first-order valence-electron chi connectivity index (χ1n) is 6.91. The zero-order chi connectivity index (χ0) is 14.1. The molecule has 0 amide bonds. The van der Waals surface area contributed by atoms with Crippen LogP contribution < -0.4 is 0 Å². The maximum absolute atomic E-state index is 11.9. The molecule has 1 aliphatic rings. The molecular weight excluding hydrogens is 264 g/mol. The van der Waals surface area contributed by atoms with E-state index in [2.05, 4.69) is 11.5 Å². The number of thioether (sulfide) groups is 1. The predicted molar refractivity (Wildman–Crippen MR) is 76.9 cm³/mol. The summed E-state index contributed by atoms with van der Waals surface area (Å²) in [6.07, 6.45) is 6.35. The average molecular weight is 288 g/mol. The minimum atomic E-state index is -0.0877. The van der Waals surface area contributed by atoms with Gasteiger partial charge in [0, 0.05) is 17.9 Å². The SMILES string of the molecule is C=C(CCSCC(C)C(=O)OC1CCCCC1)OO. The molecule has 1 aliphatic carbocycles. The van der Waals surface area contributed by atoms with Crippen LogP contribution in [0.25, 0.3) is 0 Å². The second-order valence-corrected chi connectivity index (χ2v) is 6.20. The van der Waals surface area contributed by atoms with Crippen LogP contribution in [-0.2, 0) is 14.4 Å². The summed E-state index contributed by atoms with van der Waals surface area (Å²) in [6.45, 7) is 5.42. The van der Waals surface area contributed by atoms with Gasteiger partial charge in [0.15, 0.2) is 0 Å². The van der Waals surface area contributed by atoms with E-state index in [1.165, 1.54) is 19.3 Å². The Morgan fingerprint density at radius 3 is 2.74 bits per heavy atom. The van der Waals surface area contributed by atoms with Gasteiger partial charge in [-0.1, -0.05) is 19.9 Å². The van der Waals surface area contributed by atoms with Gasteiger partial charge in [-0.05, 0) is 25.7 Å². The van der Waals surface area contributed by atoms with Crippen molar-refractivity contribution in [3.8, 4) is 0 Å². The fraction of sp³-hybridized carbons (Fsp3) is 0.786. The van der Waals surface area contributed by atoms with E-state index in [1.54, 1.807) is 11.8 Å². The van der Waals surface area contributed by atoms with Crippen molar-refractivity contribution in [3.05, 3.63) is 12.3 Å². The number of allylic oxidation sites excluding steroid dienone is 1. The van der Waals surface area contributed by atoms with E-state index in [4.69, 9.17) is 9.99 Å². The summed E-state index contributed by atoms with van der Waals surface area (Å²) in [5, 5.41) is 8.33. The van der Waals surface area contributed by atoms with Crippen LogP contribution in [0.5, 0.6) is 0 Å². The molecule has 0 saturated heterocycles. The van der Waals surface area contributed by atoms with Crippen molar-refractivity contribution in [1.82, 2.24) is 0 Å². The molecule has 19 heavy (non-hydrogen) atoms. The number of carbonyl (C=O) groups excluding carboxylic acids is 1. The smallest absolute Gasteiger partial charge is 0.309 e. The van der Waals surface area contributed by atoms with Gasteiger partial charge in [-0.25, -0.2) is 5.26 Å². The van der Waals surface area contributed by atoms with Crippen molar-refractivity contribution in [2.75, 3.05) is 11.5 Å². The van der Waals surface area contributed by atoms with Gasteiger partial charge in [-0.2, -0.15) is 11.8 Å². The normalized spacial score (nSPS) is 17.8. The molecule has 0 heterocycles. The molecular formula is C14H24O4S. The standard InChI is InChI=1S/C14H24O4S/c1-11(10-19-9-8-12(2)18-16)14(15)17-13-6-4-3-5-7-13/h11,13,16H,2-10H2,1H3. The summed E-state index contributed by atoms with van der Waals surface area (Å²) in [5.41, 5.74) is 0. The molecule has 0 spiro atoms. The maximum Gasteiger partial charge on any atom is 0.309 e. The Labute approximate surface area is 119 Å². The number of esters is 1. The minimum Gasteiger partial charge on any atom is -0.462 e. The lowest BCUT2D eigenvalue weighted by Gasteiger charge is -2.23. The third-order valence-electron chi connectivity index (χ3n) is 3.26. The highest BCUT2D eigenvalue weighted by Crippen LogP contribution is 2.22. The molecule has 110 valence electrons. The maximum atomic E-state index is 11.9. The van der Waals surface area contributed by atoms with Gasteiger partial charge in [-0.3, -0.25) is 4.79 Å². The van der Waals surface area contributed by atoms with Crippen molar-refractivity contribution in [2.24, 2.45) is 5.92 Å². The molecule has 0 aromatic rings. The van der Waals surface area contributed by atoms with Crippen LogP contribution in [0.1, 0.15) is 45.4 Å². The van der Waals surface area contributed by atoms with Crippen LogP contribution in [-0.4, -0.2) is 28.8 Å². The Bertz CT molecular complexity index is 287. The summed E-state index contributed by atoms with van der Waals surface area (Å²) in [4.78, 5) is 15.9. The molecule has 0 radical (unpaired) electrons. The molecule has 5 heteroatoms. The second-order valence-electron chi connectivity index (χ2n) is 5.05. The number of hydrogen-bond donors (Lipinski definition) is 1. The highest BCUT2D eigenvalue weighted by molar-refractivity contribution is 7.99. The highest BCUT2D eigenvalue weighted by Gasteiger charge is 2.21. The van der Waals surface area contributed by atoms with Gasteiger partial charge in [-0.15, -0.1) is 0 Å². The largest absolute Gasteiger partial charge is 0.462 e. The number of hydrogen-bond acceptors (Lipinski definition) is 5. The van der Waals surface area contributed by atoms with E-state index in [9.17, 15) is 4.79 Å². The molecule has 1 atom stereocenters. The van der Waals surface area contributed by atoms with Gasteiger partial charge >= 0.3 is 5.97 Å². The highest BCUT2D eigenvalue weighted by atomic mass is 32.2. The number of rotatable bonds is 8. The third kappa shape index (κ3) is 6.87. The average Bonchev–Trinajstić information content (AvgIpc) is 2.44. The van der Waals surface area contributed by atoms with Crippen molar-refractivity contribution >= 4 is 17.7 Å². The molecule has 0 aromatic heterocycles. The lowest BCUT2D eigenvalue weighted by atomic mass is 9.98. The Hall–Kier alpha value is -0.680. The summed E-state index contributed by atoms with van der Waals surface area (Å²) < 4.78 is 5.52. The molecule has 1 N–H and O–H groups in total. The van der Waals surface area contributed by atoms with E-state index in [0.717, 1.165) is 24.3 Å². The molecule has 0 aromatic carbocycles. The second kappa shape index (κ2) is 9.26. The Morgan fingerprint density at radius 2 is 2.11 bits per heavy atom. The lowest BCUT2D eigenvalue weighted by Crippen LogP contribution is -2.25. The Balaban J connectivity index is 2.12. The zero-order valence-electron chi connectivity index (χ0n) is 11.6. The minimum absolute atomic E-state index is 0.0864. The monoisotopic (exact) mass is 288 g/mol. The first-order chi connectivity index (χ1) is 9.13. The fourth-order valence-corrected chi connectivity index (χ4v) is 3.05. The van der Waals surface area contributed by atoms with Gasteiger partial charge in [0.25, 0.3) is 0 Å². The zero-order valence-corrected chi connectivity index (χ0v) is 12.4. The number of ether oxygens (including phenoxy) is 1. The summed E-state index contributed by atoms with van der Waals surface area (Å²) in [5.74, 6) is 1.68. The Kier molecular flexibility index (Phi) is 7.98. The lowest BCUT2D eigenvalue weighted by molar-refractivity contribution is -0.204. The van der Waals surface area contributed by atoms with Gasteiger partial charge < -0.3 is 9.62 Å². The first kappa shape index (κ1) is 16.4. The van der Waals surface area contributed by atoms with E-state index < -0.39 is 0 Å². The van der Waals surface area contributed by atoms with Crippen molar-refractivity contribution in [2.45, 2.75) is 51.6 Å². The van der Waals surface area contributed by atoms with Gasteiger partial charge in [0.05, 0.1) is 5.92 Å². The van der Waals surface area contributed by atoms with Gasteiger partial charge in [0.1, 0.15) is 11.9 Å². The van der Waals surface area contributed by atoms with Crippen LogP contribution in [0.2, 0.25) is 0 Å². The number of carbonyl (C=O) groups is 1. The summed E-state index contributed by atoms with van der Waals surface area (Å²) in [7, 11) is 0. The Morgan fingerprint density at radius 1 is 1.42 bits per heavy atom. The quantitative estimate of drug-likeness (QED) is 0.243. The topological polar surface area (TPSA) is 55.8 Å². The molecule has 1 rings (SSSR count). The van der Waals surface area contributed by atoms with E-state index in [-0.39, 0.29) is 18.0 Å². The summed E-state index contributed by atoms with van der Waals surface area (Å²) in [6, 6.07) is 0. The third-order valence-corrected chi connectivity index (χ3v) is 4.49. The van der Waals surface area contributed by atoms with Crippen molar-refractivity contribution < 1.29 is 19.7 Å². The van der Waals surface area contributed by atoms with Crippen LogP contribution in [0.3, 0.4) is 0 Å².